The van der Waals surface area contributed by atoms with Crippen molar-refractivity contribution in [3.05, 3.63) is 57.5 Å². The van der Waals surface area contributed by atoms with Crippen LogP contribution in [0.5, 0.6) is 5.75 Å². The maximum absolute atomic E-state index is 13.1. The number of carbonyl (C=O) groups excluding carboxylic acids is 1. The minimum Gasteiger partial charge on any atom is -0.498 e. The number of nitrogens with one attached hydrogen (secondary N) is 1. The molecule has 2 aromatic rings. The lowest BCUT2D eigenvalue weighted by Gasteiger charge is -2.49. The lowest BCUT2D eigenvalue weighted by molar-refractivity contribution is -0.930. The monoisotopic (exact) mass is 588 g/mol. The maximum atomic E-state index is 13.1. The van der Waals surface area contributed by atoms with Gasteiger partial charge in [0.05, 0.1) is 16.5 Å². The van der Waals surface area contributed by atoms with Crippen molar-refractivity contribution in [3.8, 4) is 5.75 Å². The van der Waals surface area contributed by atoms with Crippen molar-refractivity contribution >= 4 is 48.0 Å². The normalized spacial score (nSPS) is 23.8. The fourth-order valence-electron chi connectivity index (χ4n) is 4.35. The average molecular weight is 590 g/mol. The van der Waals surface area contributed by atoms with Gasteiger partial charge in [-0.25, -0.2) is 13.1 Å². The average Bonchev–Trinajstić information content (AvgIpc) is 3.08. The Morgan fingerprint density at radius 3 is 2.44 bits per heavy atom. The minimum atomic E-state index is -3.90. The lowest BCUT2D eigenvalue weighted by atomic mass is 10.00. The molecule has 0 spiro atoms. The maximum Gasteiger partial charge on any atom is 0.258 e. The van der Waals surface area contributed by atoms with E-state index >= 15 is 0 Å². The molecule has 1 unspecified atom stereocenters. The van der Waals surface area contributed by atoms with E-state index in [9.17, 15) is 18.3 Å². The summed E-state index contributed by atoms with van der Waals surface area (Å²) >= 11 is 6.59. The zero-order valence-corrected chi connectivity index (χ0v) is 22.0. The number of hydrogen-bond donors (Lipinski definition) is 1. The van der Waals surface area contributed by atoms with Crippen molar-refractivity contribution < 1.29 is 27.5 Å². The van der Waals surface area contributed by atoms with Crippen molar-refractivity contribution in [1.82, 2.24) is 4.72 Å². The Hall–Kier alpha value is -1.46. The third kappa shape index (κ3) is 5.04. The Morgan fingerprint density at radius 2 is 1.84 bits per heavy atom. The van der Waals surface area contributed by atoms with Gasteiger partial charge >= 0.3 is 0 Å². The number of para-hydroxylation sites is 1. The molecule has 1 saturated heterocycles. The lowest BCUT2D eigenvalue weighted by Crippen LogP contribution is -2.71. The standard InChI is InChI=1S/C22H26Br2N2O5S/c1-22(2,3)26(21(27)28)13-16(12-17(26)14-31-18-7-5-4-6-8-18)25-32(29,30)20-11-15(23)9-10-19(20)24/h4-11,16-17,25H,12-14H2,1-3H3/t16-,17-,26?/m1/s1. The molecule has 0 aromatic heterocycles. The number of amides is 1. The number of likely N-dealkylation sites (tertiary alicyclic amines) is 1. The molecule has 1 heterocycles. The molecule has 7 nitrogen and oxygen atoms in total. The number of carboxylic acid groups (broad SMARTS) is 1. The Morgan fingerprint density at radius 1 is 1.19 bits per heavy atom. The van der Waals surface area contributed by atoms with Crippen molar-refractivity contribution in [2.45, 2.75) is 49.7 Å². The molecule has 3 rings (SSSR count). The van der Waals surface area contributed by atoms with Crippen LogP contribution >= 0.6 is 31.9 Å². The third-order valence-corrected chi connectivity index (χ3v) is 8.91. The largest absolute Gasteiger partial charge is 0.498 e. The van der Waals surface area contributed by atoms with Gasteiger partial charge in [-0.1, -0.05) is 34.1 Å². The van der Waals surface area contributed by atoms with Crippen LogP contribution < -0.4 is 14.6 Å². The van der Waals surface area contributed by atoms with Crippen LogP contribution in [0.3, 0.4) is 0 Å². The highest BCUT2D eigenvalue weighted by atomic mass is 79.9. The molecule has 32 heavy (non-hydrogen) atoms. The number of hydrogen-bond acceptors (Lipinski definition) is 5. The van der Waals surface area contributed by atoms with Gasteiger partial charge in [-0.05, 0) is 67.0 Å². The van der Waals surface area contributed by atoms with Crippen LogP contribution in [0, 0.1) is 0 Å². The first-order chi connectivity index (χ1) is 14.9. The number of carbonyl (C=O) groups is 1. The summed E-state index contributed by atoms with van der Waals surface area (Å²) in [6.07, 6.45) is -0.951. The summed E-state index contributed by atoms with van der Waals surface area (Å²) in [5, 5.41) is 12.5. The van der Waals surface area contributed by atoms with Gasteiger partial charge in [0.2, 0.25) is 10.0 Å². The number of rotatable bonds is 6. The molecule has 174 valence electrons. The predicted octanol–water partition coefficient (Wildman–Crippen LogP) is 3.67. The van der Waals surface area contributed by atoms with Crippen molar-refractivity contribution in [3.63, 3.8) is 0 Å². The quantitative estimate of drug-likeness (QED) is 0.519. The molecule has 1 amide bonds. The van der Waals surface area contributed by atoms with E-state index in [2.05, 4.69) is 36.6 Å². The van der Waals surface area contributed by atoms with Gasteiger partial charge in [0.15, 0.2) is 0 Å². The summed E-state index contributed by atoms with van der Waals surface area (Å²) in [5.74, 6) is 0.625. The Kier molecular flexibility index (Phi) is 7.41. The summed E-state index contributed by atoms with van der Waals surface area (Å²) in [5.41, 5.74) is -0.736. The molecule has 1 N–H and O–H groups in total. The van der Waals surface area contributed by atoms with E-state index < -0.39 is 38.2 Å². The van der Waals surface area contributed by atoms with Crippen molar-refractivity contribution in [2.75, 3.05) is 13.2 Å². The number of quaternary nitrogens is 1. The minimum absolute atomic E-state index is 0.0551. The topological polar surface area (TPSA) is 95.5 Å². The van der Waals surface area contributed by atoms with E-state index in [1.165, 1.54) is 6.07 Å². The van der Waals surface area contributed by atoms with Crippen LogP contribution in [-0.2, 0) is 10.0 Å². The van der Waals surface area contributed by atoms with Gasteiger partial charge in [0, 0.05) is 15.4 Å². The van der Waals surface area contributed by atoms with Gasteiger partial charge in [-0.2, -0.15) is 0 Å². The molecular formula is C22H26Br2N2O5S. The van der Waals surface area contributed by atoms with Gasteiger partial charge < -0.3 is 14.6 Å². The number of sulfonamides is 1. The summed E-state index contributed by atoms with van der Waals surface area (Å²) in [6.45, 7) is 5.63. The van der Waals surface area contributed by atoms with Crippen LogP contribution in [0.1, 0.15) is 27.2 Å². The Balaban J connectivity index is 1.90. The second-order valence-electron chi connectivity index (χ2n) is 8.89. The first-order valence-corrected chi connectivity index (χ1v) is 13.2. The number of halogens is 2. The molecule has 1 fully saturated rings. The molecule has 3 atom stereocenters. The van der Waals surface area contributed by atoms with Crippen LogP contribution in [0.25, 0.3) is 0 Å². The van der Waals surface area contributed by atoms with Crippen molar-refractivity contribution in [1.29, 1.82) is 0 Å². The summed E-state index contributed by atoms with van der Waals surface area (Å²) in [6, 6.07) is 12.9. The van der Waals surface area contributed by atoms with E-state index in [1.54, 1.807) is 24.3 Å². The van der Waals surface area contributed by atoms with Crippen LogP contribution in [0.4, 0.5) is 4.79 Å². The molecule has 0 radical (unpaired) electrons. The molecule has 0 bridgehead atoms. The van der Waals surface area contributed by atoms with E-state index in [-0.39, 0.29) is 18.0 Å². The third-order valence-electron chi connectivity index (χ3n) is 5.90. The zero-order chi connectivity index (χ0) is 23.7. The predicted molar refractivity (Wildman–Crippen MR) is 127 cm³/mol. The zero-order valence-electron chi connectivity index (χ0n) is 18.0. The van der Waals surface area contributed by atoms with Gasteiger partial charge in [-0.15, -0.1) is 0 Å². The second kappa shape index (κ2) is 9.42. The molecule has 1 aliphatic rings. The fraction of sp³-hybridized carbons (Fsp3) is 0.409. The Labute approximate surface area is 205 Å². The van der Waals surface area contributed by atoms with Crippen LogP contribution in [0.2, 0.25) is 0 Å². The first-order valence-electron chi connectivity index (χ1n) is 10.1. The van der Waals surface area contributed by atoms with E-state index in [4.69, 9.17) is 4.74 Å². The smallest absolute Gasteiger partial charge is 0.258 e. The highest BCUT2D eigenvalue weighted by Crippen LogP contribution is 2.38. The van der Waals surface area contributed by atoms with Crippen LogP contribution in [-0.4, -0.2) is 49.8 Å². The molecule has 10 heteroatoms. The summed E-state index contributed by atoms with van der Waals surface area (Å²) in [4.78, 5) is 12.6. The highest BCUT2D eigenvalue weighted by Gasteiger charge is 2.56. The van der Waals surface area contributed by atoms with E-state index in [0.717, 1.165) is 0 Å². The first kappa shape index (κ1) is 25.2. The Bertz CT molecular complexity index is 1090. The molecule has 0 aliphatic carbocycles. The van der Waals surface area contributed by atoms with Crippen molar-refractivity contribution in [2.24, 2.45) is 0 Å². The van der Waals surface area contributed by atoms with Gasteiger partial charge in [0.25, 0.3) is 6.09 Å². The number of ether oxygens (including phenoxy) is 1. The fourth-order valence-corrected chi connectivity index (χ4v) is 7.10. The summed E-state index contributed by atoms with van der Waals surface area (Å²) < 4.78 is 35.5. The highest BCUT2D eigenvalue weighted by molar-refractivity contribution is 9.11. The molecule has 1 aliphatic heterocycles. The van der Waals surface area contributed by atoms with E-state index in [1.807, 2.05) is 39.0 Å². The number of nitrogens with zero attached hydrogens (tertiary/aromatic N) is 1. The second-order valence-corrected chi connectivity index (χ2v) is 12.3. The summed E-state index contributed by atoms with van der Waals surface area (Å²) in [7, 11) is -3.90. The molecule has 0 saturated carbocycles. The number of benzene rings is 2. The van der Waals surface area contributed by atoms with E-state index in [0.29, 0.717) is 21.1 Å². The SMILES string of the molecule is CC(C)(C)[N+]1(C(=O)[O-])C[C@H](NS(=O)(=O)c2cc(Br)ccc2Br)C[C@@H]1COc1ccccc1. The molecular weight excluding hydrogens is 564 g/mol. The van der Waals surface area contributed by atoms with Gasteiger partial charge in [0.1, 0.15) is 24.9 Å². The van der Waals surface area contributed by atoms with Crippen LogP contribution in [0.15, 0.2) is 62.4 Å². The van der Waals surface area contributed by atoms with Gasteiger partial charge in [-0.3, -0.25) is 4.48 Å². The molecule has 2 aromatic carbocycles.